The Labute approximate surface area is 227 Å². The molecule has 2 fully saturated rings. The van der Waals surface area contributed by atoms with Crippen LogP contribution in [-0.4, -0.2) is 41.8 Å². The Bertz CT molecular complexity index is 1450. The summed E-state index contributed by atoms with van der Waals surface area (Å²) in [6, 6.07) is 25.0. The topological polar surface area (TPSA) is 37.5 Å². The van der Waals surface area contributed by atoms with Crippen molar-refractivity contribution in [1.29, 1.82) is 0 Å². The number of hydrogen-bond acceptors (Lipinski definition) is 3. The first-order chi connectivity index (χ1) is 18.1. The van der Waals surface area contributed by atoms with Crippen molar-refractivity contribution < 1.29 is 9.31 Å². The standard InChI is InChI=1S/C33H39BN2O2/c1-7-22-21-29(35-31(22)30-9-8-18-36(30)6)24-12-10-23(11-13-24)25-14-15-27-20-28(17-16-26(27)19-25)34-37-32(2,3)33(4,5)38-34/h10-17,19-21,30,35H,7-9,18H2,1-6H3. The first-order valence-corrected chi connectivity index (χ1v) is 14.1. The third-order valence-electron chi connectivity index (χ3n) is 9.09. The summed E-state index contributed by atoms with van der Waals surface area (Å²) in [6.07, 6.45) is 3.57. The lowest BCUT2D eigenvalue weighted by atomic mass is 9.78. The molecule has 3 aromatic carbocycles. The van der Waals surface area contributed by atoms with Gasteiger partial charge in [-0.05, 0) is 111 Å². The van der Waals surface area contributed by atoms with Gasteiger partial charge in [-0.1, -0.05) is 61.5 Å². The minimum Gasteiger partial charge on any atom is -0.399 e. The molecule has 196 valence electrons. The maximum absolute atomic E-state index is 6.26. The van der Waals surface area contributed by atoms with Crippen LogP contribution in [0.4, 0.5) is 0 Å². The van der Waals surface area contributed by atoms with E-state index >= 15 is 0 Å². The molecule has 0 saturated carbocycles. The Morgan fingerprint density at radius 3 is 2.13 bits per heavy atom. The van der Waals surface area contributed by atoms with Gasteiger partial charge in [0.1, 0.15) is 0 Å². The van der Waals surface area contributed by atoms with Gasteiger partial charge in [-0.3, -0.25) is 4.90 Å². The molecule has 4 nitrogen and oxygen atoms in total. The molecule has 2 saturated heterocycles. The molecule has 1 unspecified atom stereocenters. The van der Waals surface area contributed by atoms with Crippen LogP contribution >= 0.6 is 0 Å². The van der Waals surface area contributed by atoms with Crippen molar-refractivity contribution in [3.63, 3.8) is 0 Å². The second-order valence-corrected chi connectivity index (χ2v) is 12.1. The minimum atomic E-state index is -0.340. The van der Waals surface area contributed by atoms with Crippen molar-refractivity contribution in [3.8, 4) is 22.4 Å². The molecule has 1 atom stereocenters. The molecule has 6 rings (SSSR count). The van der Waals surface area contributed by atoms with Crippen LogP contribution < -0.4 is 5.46 Å². The van der Waals surface area contributed by atoms with Crippen LogP contribution in [0, 0.1) is 0 Å². The van der Waals surface area contributed by atoms with Crippen molar-refractivity contribution in [2.45, 2.75) is 71.1 Å². The van der Waals surface area contributed by atoms with Crippen molar-refractivity contribution in [3.05, 3.63) is 78.0 Å². The van der Waals surface area contributed by atoms with Crippen LogP contribution in [0.15, 0.2) is 66.7 Å². The number of likely N-dealkylation sites (tertiary alicyclic amines) is 1. The van der Waals surface area contributed by atoms with E-state index in [1.165, 1.54) is 63.8 Å². The minimum absolute atomic E-state index is 0.338. The van der Waals surface area contributed by atoms with E-state index in [4.69, 9.17) is 9.31 Å². The van der Waals surface area contributed by atoms with Gasteiger partial charge in [-0.15, -0.1) is 0 Å². The number of benzene rings is 3. The summed E-state index contributed by atoms with van der Waals surface area (Å²) >= 11 is 0. The van der Waals surface area contributed by atoms with Crippen molar-refractivity contribution in [2.75, 3.05) is 13.6 Å². The smallest absolute Gasteiger partial charge is 0.399 e. The van der Waals surface area contributed by atoms with Gasteiger partial charge in [-0.2, -0.15) is 0 Å². The van der Waals surface area contributed by atoms with E-state index in [-0.39, 0.29) is 18.3 Å². The lowest BCUT2D eigenvalue weighted by Crippen LogP contribution is -2.41. The Hall–Kier alpha value is -2.86. The lowest BCUT2D eigenvalue weighted by Gasteiger charge is -2.32. The van der Waals surface area contributed by atoms with Gasteiger partial charge in [0.05, 0.1) is 11.2 Å². The van der Waals surface area contributed by atoms with Crippen LogP contribution in [0.3, 0.4) is 0 Å². The van der Waals surface area contributed by atoms with Gasteiger partial charge in [-0.25, -0.2) is 0 Å². The molecule has 1 aromatic heterocycles. The molecular weight excluding hydrogens is 467 g/mol. The van der Waals surface area contributed by atoms with E-state index in [9.17, 15) is 0 Å². The van der Waals surface area contributed by atoms with Crippen molar-refractivity contribution >= 4 is 23.4 Å². The summed E-state index contributed by atoms with van der Waals surface area (Å²) in [5, 5.41) is 2.41. The summed E-state index contributed by atoms with van der Waals surface area (Å²) in [5.41, 5.74) is 8.14. The summed E-state index contributed by atoms with van der Waals surface area (Å²) in [6.45, 7) is 11.8. The summed E-state index contributed by atoms with van der Waals surface area (Å²) in [4.78, 5) is 6.26. The Balaban J connectivity index is 1.24. The predicted octanol–water partition coefficient (Wildman–Crippen LogP) is 7.13. The van der Waals surface area contributed by atoms with Crippen LogP contribution in [0.5, 0.6) is 0 Å². The normalized spacial score (nSPS) is 21.0. The maximum Gasteiger partial charge on any atom is 0.494 e. The fourth-order valence-corrected chi connectivity index (χ4v) is 5.95. The first kappa shape index (κ1) is 25.4. The second-order valence-electron chi connectivity index (χ2n) is 12.1. The van der Waals surface area contributed by atoms with Gasteiger partial charge < -0.3 is 14.3 Å². The molecule has 0 radical (unpaired) electrons. The van der Waals surface area contributed by atoms with Crippen LogP contribution in [0.1, 0.15) is 64.8 Å². The maximum atomic E-state index is 6.26. The van der Waals surface area contributed by atoms with E-state index in [1.807, 2.05) is 0 Å². The van der Waals surface area contributed by atoms with Gasteiger partial charge in [0.15, 0.2) is 0 Å². The van der Waals surface area contributed by atoms with Crippen molar-refractivity contribution in [2.24, 2.45) is 0 Å². The molecule has 0 bridgehead atoms. The molecule has 3 heterocycles. The average molecular weight is 506 g/mol. The van der Waals surface area contributed by atoms with E-state index in [1.54, 1.807) is 0 Å². The average Bonchev–Trinajstić information content (AvgIpc) is 3.58. The number of hydrogen-bond donors (Lipinski definition) is 1. The largest absolute Gasteiger partial charge is 0.494 e. The molecule has 0 spiro atoms. The molecule has 5 heteroatoms. The highest BCUT2D eigenvalue weighted by atomic mass is 16.7. The highest BCUT2D eigenvalue weighted by Crippen LogP contribution is 2.37. The fraction of sp³-hybridized carbons (Fsp3) is 0.394. The first-order valence-electron chi connectivity index (χ1n) is 14.1. The summed E-state index contributed by atoms with van der Waals surface area (Å²) in [7, 11) is 1.90. The van der Waals surface area contributed by atoms with Gasteiger partial charge in [0.25, 0.3) is 0 Å². The van der Waals surface area contributed by atoms with Gasteiger partial charge >= 0.3 is 7.12 Å². The summed E-state index contributed by atoms with van der Waals surface area (Å²) < 4.78 is 12.5. The SMILES string of the molecule is CCc1cc(-c2ccc(-c3ccc4cc(B5OC(C)(C)C(C)(C)O5)ccc4c3)cc2)[nH]c1C1CCCN1C. The highest BCUT2D eigenvalue weighted by molar-refractivity contribution is 6.62. The number of aromatic amines is 1. The Kier molecular flexibility index (Phi) is 6.29. The second kappa shape index (κ2) is 9.41. The van der Waals surface area contributed by atoms with Gasteiger partial charge in [0.2, 0.25) is 0 Å². The molecule has 1 N–H and O–H groups in total. The predicted molar refractivity (Wildman–Crippen MR) is 159 cm³/mol. The van der Waals surface area contributed by atoms with Crippen molar-refractivity contribution in [1.82, 2.24) is 9.88 Å². The number of rotatable bonds is 5. The van der Waals surface area contributed by atoms with E-state index in [2.05, 4.69) is 118 Å². The van der Waals surface area contributed by atoms with E-state index < -0.39 is 0 Å². The molecule has 38 heavy (non-hydrogen) atoms. The van der Waals surface area contributed by atoms with E-state index in [0.717, 1.165) is 11.9 Å². The monoisotopic (exact) mass is 506 g/mol. The highest BCUT2D eigenvalue weighted by Gasteiger charge is 2.51. The zero-order chi connectivity index (χ0) is 26.7. The Morgan fingerprint density at radius 2 is 1.47 bits per heavy atom. The number of fused-ring (bicyclic) bond motifs is 1. The molecule has 0 amide bonds. The molecule has 2 aliphatic rings. The zero-order valence-corrected chi connectivity index (χ0v) is 23.6. The van der Waals surface area contributed by atoms with E-state index in [0.29, 0.717) is 6.04 Å². The number of aromatic nitrogens is 1. The van der Waals surface area contributed by atoms with Crippen LogP contribution in [-0.2, 0) is 15.7 Å². The number of aryl methyl sites for hydroxylation is 1. The molecule has 2 aliphatic heterocycles. The summed E-state index contributed by atoms with van der Waals surface area (Å²) in [5.74, 6) is 0. The van der Waals surface area contributed by atoms with Crippen LogP contribution in [0.25, 0.3) is 33.2 Å². The third-order valence-corrected chi connectivity index (χ3v) is 9.09. The number of H-pyrrole nitrogens is 1. The fourth-order valence-electron chi connectivity index (χ4n) is 5.95. The number of nitrogens with zero attached hydrogens (tertiary/aromatic N) is 1. The zero-order valence-electron chi connectivity index (χ0n) is 23.6. The van der Waals surface area contributed by atoms with Gasteiger partial charge in [0, 0.05) is 17.4 Å². The quantitative estimate of drug-likeness (QED) is 0.293. The van der Waals surface area contributed by atoms with Crippen LogP contribution in [0.2, 0.25) is 0 Å². The molecular formula is C33H39BN2O2. The molecule has 4 aromatic rings. The Morgan fingerprint density at radius 1 is 0.842 bits per heavy atom. The molecule has 0 aliphatic carbocycles. The number of nitrogens with one attached hydrogen (secondary N) is 1. The third kappa shape index (κ3) is 4.41. The lowest BCUT2D eigenvalue weighted by molar-refractivity contribution is 0.00578.